The zero-order valence-electron chi connectivity index (χ0n) is 10.2. The van der Waals surface area contributed by atoms with E-state index in [1.807, 2.05) is 0 Å². The maximum Gasteiger partial charge on any atom is 0.491 e. The lowest BCUT2D eigenvalue weighted by molar-refractivity contribution is -0.0356. The summed E-state index contributed by atoms with van der Waals surface area (Å²) < 4.78 is 20.2. The Morgan fingerprint density at radius 2 is 1.20 bits per heavy atom. The van der Waals surface area contributed by atoms with Crippen LogP contribution in [0.3, 0.4) is 0 Å². The Bertz CT molecular complexity index is 117. The summed E-state index contributed by atoms with van der Waals surface area (Å²) in [4.78, 5) is 0. The Labute approximate surface area is 93.5 Å². The second kappa shape index (κ2) is 10.4. The summed E-state index contributed by atoms with van der Waals surface area (Å²) in [7, 11) is 1.25. The molecule has 89 valence electrons. The molecular weight excluding hydrogens is 195 g/mol. The molecule has 0 saturated carbocycles. The van der Waals surface area contributed by atoms with Gasteiger partial charge in [-0.15, -0.1) is 0 Å². The molecule has 0 spiro atoms. The van der Waals surface area contributed by atoms with Crippen LogP contribution in [0.25, 0.3) is 0 Å². The molecule has 15 heavy (non-hydrogen) atoms. The van der Waals surface area contributed by atoms with Gasteiger partial charge in [0.1, 0.15) is 13.6 Å². The van der Waals surface area contributed by atoms with Crippen molar-refractivity contribution >= 4 is 7.69 Å². The largest absolute Gasteiger partial charge is 0.491 e. The first kappa shape index (κ1) is 14.9. The highest BCUT2D eigenvalue weighted by Crippen LogP contribution is 1.93. The Kier molecular flexibility index (Phi) is 10.4. The van der Waals surface area contributed by atoms with Crippen molar-refractivity contribution in [2.24, 2.45) is 11.8 Å². The fourth-order valence-corrected chi connectivity index (χ4v) is 0.768. The summed E-state index contributed by atoms with van der Waals surface area (Å²) in [5, 5.41) is 0. The standard InChI is InChI=1S/C10H22BO4/c1-9(2)5-12-7-14-11-15-8-13-6-10(3)4/h9-10H,5-8H2,1-4H3. The molecule has 0 amide bonds. The molecule has 0 atom stereocenters. The van der Waals surface area contributed by atoms with E-state index < -0.39 is 0 Å². The fourth-order valence-electron chi connectivity index (χ4n) is 0.768. The van der Waals surface area contributed by atoms with Gasteiger partial charge in [-0.25, -0.2) is 0 Å². The summed E-state index contributed by atoms with van der Waals surface area (Å²) in [5.74, 6) is 1.03. The molecule has 0 aliphatic carbocycles. The Balaban J connectivity index is 2.93. The van der Waals surface area contributed by atoms with Crippen LogP contribution >= 0.6 is 0 Å². The van der Waals surface area contributed by atoms with E-state index in [-0.39, 0.29) is 13.6 Å². The van der Waals surface area contributed by atoms with Crippen molar-refractivity contribution in [2.45, 2.75) is 27.7 Å². The van der Waals surface area contributed by atoms with E-state index in [1.165, 1.54) is 7.69 Å². The lowest BCUT2D eigenvalue weighted by Gasteiger charge is -2.08. The van der Waals surface area contributed by atoms with Gasteiger partial charge in [0.05, 0.1) is 13.2 Å². The molecule has 0 fully saturated rings. The molecule has 0 N–H and O–H groups in total. The second-order valence-electron chi connectivity index (χ2n) is 4.19. The molecule has 0 bridgehead atoms. The summed E-state index contributed by atoms with van der Waals surface area (Å²) in [6.07, 6.45) is 0. The third-order valence-corrected chi connectivity index (χ3v) is 1.34. The van der Waals surface area contributed by atoms with E-state index in [4.69, 9.17) is 18.8 Å². The minimum atomic E-state index is 0.225. The molecule has 5 heteroatoms. The van der Waals surface area contributed by atoms with Gasteiger partial charge in [0.25, 0.3) is 0 Å². The van der Waals surface area contributed by atoms with Crippen molar-refractivity contribution in [3.63, 3.8) is 0 Å². The highest BCUT2D eigenvalue weighted by atomic mass is 16.7. The van der Waals surface area contributed by atoms with Gasteiger partial charge in [0, 0.05) is 0 Å². The average Bonchev–Trinajstić information content (AvgIpc) is 2.14. The predicted octanol–water partition coefficient (Wildman–Crippen LogP) is 1.81. The lowest BCUT2D eigenvalue weighted by atomic mass is 10.2. The van der Waals surface area contributed by atoms with E-state index >= 15 is 0 Å². The van der Waals surface area contributed by atoms with Gasteiger partial charge < -0.3 is 18.8 Å². The number of ether oxygens (including phenoxy) is 2. The van der Waals surface area contributed by atoms with Crippen molar-refractivity contribution < 1.29 is 18.8 Å². The van der Waals surface area contributed by atoms with Crippen LogP contribution in [0.5, 0.6) is 0 Å². The topological polar surface area (TPSA) is 36.9 Å². The molecular formula is C10H22BO4. The number of hydrogen-bond donors (Lipinski definition) is 0. The molecule has 0 aliphatic rings. The van der Waals surface area contributed by atoms with Crippen LogP contribution in [0.2, 0.25) is 0 Å². The van der Waals surface area contributed by atoms with Gasteiger partial charge >= 0.3 is 7.69 Å². The van der Waals surface area contributed by atoms with E-state index in [0.717, 1.165) is 0 Å². The van der Waals surface area contributed by atoms with E-state index in [0.29, 0.717) is 25.0 Å². The third-order valence-electron chi connectivity index (χ3n) is 1.34. The molecule has 4 nitrogen and oxygen atoms in total. The van der Waals surface area contributed by atoms with Crippen molar-refractivity contribution in [1.29, 1.82) is 0 Å². The van der Waals surface area contributed by atoms with Crippen LogP contribution in [0.1, 0.15) is 27.7 Å². The molecule has 0 rings (SSSR count). The zero-order chi connectivity index (χ0) is 11.5. The van der Waals surface area contributed by atoms with Crippen LogP contribution in [0.4, 0.5) is 0 Å². The summed E-state index contributed by atoms with van der Waals surface area (Å²) in [6, 6.07) is 0. The van der Waals surface area contributed by atoms with Crippen LogP contribution in [-0.4, -0.2) is 34.5 Å². The molecule has 0 aliphatic heterocycles. The predicted molar refractivity (Wildman–Crippen MR) is 59.2 cm³/mol. The van der Waals surface area contributed by atoms with Gasteiger partial charge in [-0.05, 0) is 11.8 Å². The highest BCUT2D eigenvalue weighted by molar-refractivity contribution is 6.17. The van der Waals surface area contributed by atoms with Crippen LogP contribution in [0, 0.1) is 11.8 Å². The van der Waals surface area contributed by atoms with E-state index in [2.05, 4.69) is 27.7 Å². The Hall–Kier alpha value is -0.0951. The molecule has 0 aromatic rings. The first-order valence-electron chi connectivity index (χ1n) is 5.33. The van der Waals surface area contributed by atoms with Crippen LogP contribution in [0.15, 0.2) is 0 Å². The van der Waals surface area contributed by atoms with Crippen LogP contribution in [-0.2, 0) is 18.8 Å². The smallest absolute Gasteiger partial charge is 0.390 e. The summed E-state index contributed by atoms with van der Waals surface area (Å²) in [5.41, 5.74) is 0. The van der Waals surface area contributed by atoms with Crippen molar-refractivity contribution in [2.75, 3.05) is 26.8 Å². The minimum Gasteiger partial charge on any atom is -0.390 e. The van der Waals surface area contributed by atoms with Crippen molar-refractivity contribution in [3.8, 4) is 0 Å². The van der Waals surface area contributed by atoms with Gasteiger partial charge in [0.2, 0.25) is 0 Å². The molecule has 0 aromatic heterocycles. The lowest BCUT2D eigenvalue weighted by Crippen LogP contribution is -2.13. The SMILES string of the molecule is CC(C)COCO[B]OCOCC(C)C. The fraction of sp³-hybridized carbons (Fsp3) is 1.00. The van der Waals surface area contributed by atoms with Crippen LogP contribution < -0.4 is 0 Å². The first-order valence-corrected chi connectivity index (χ1v) is 5.33. The summed E-state index contributed by atoms with van der Waals surface area (Å²) in [6.45, 7) is 10.2. The quantitative estimate of drug-likeness (QED) is 0.317. The summed E-state index contributed by atoms with van der Waals surface area (Å²) >= 11 is 0. The van der Waals surface area contributed by atoms with Crippen molar-refractivity contribution in [3.05, 3.63) is 0 Å². The zero-order valence-corrected chi connectivity index (χ0v) is 10.2. The van der Waals surface area contributed by atoms with Crippen molar-refractivity contribution in [1.82, 2.24) is 0 Å². The third kappa shape index (κ3) is 13.9. The van der Waals surface area contributed by atoms with Gasteiger partial charge in [-0.2, -0.15) is 0 Å². The highest BCUT2D eigenvalue weighted by Gasteiger charge is 1.97. The molecule has 0 heterocycles. The molecule has 1 radical (unpaired) electrons. The first-order chi connectivity index (χ1) is 7.13. The number of hydrogen-bond acceptors (Lipinski definition) is 4. The molecule has 0 saturated heterocycles. The maximum absolute atomic E-state index is 5.17. The monoisotopic (exact) mass is 217 g/mol. The van der Waals surface area contributed by atoms with E-state index in [9.17, 15) is 0 Å². The molecule has 0 aromatic carbocycles. The van der Waals surface area contributed by atoms with Gasteiger partial charge in [0.15, 0.2) is 0 Å². The van der Waals surface area contributed by atoms with Gasteiger partial charge in [-0.1, -0.05) is 27.7 Å². The van der Waals surface area contributed by atoms with Gasteiger partial charge in [-0.3, -0.25) is 0 Å². The Morgan fingerprint density at radius 3 is 1.53 bits per heavy atom. The maximum atomic E-state index is 5.17. The second-order valence-corrected chi connectivity index (χ2v) is 4.19. The average molecular weight is 217 g/mol. The minimum absolute atomic E-state index is 0.225. The normalized spacial score (nSPS) is 11.3. The van der Waals surface area contributed by atoms with E-state index in [1.54, 1.807) is 0 Å². The Morgan fingerprint density at radius 1 is 0.800 bits per heavy atom. The molecule has 0 unspecified atom stereocenters. The number of rotatable bonds is 10.